The highest BCUT2D eigenvalue weighted by atomic mass is 35.5. The summed E-state index contributed by atoms with van der Waals surface area (Å²) in [5.41, 5.74) is 1.96. The molecule has 6 nitrogen and oxygen atoms in total. The fourth-order valence-electron chi connectivity index (χ4n) is 2.60. The Morgan fingerprint density at radius 3 is 2.39 bits per heavy atom. The summed E-state index contributed by atoms with van der Waals surface area (Å²) in [5.74, 6) is 0. The van der Waals surface area contributed by atoms with Crippen LogP contribution in [0.1, 0.15) is 10.6 Å². The van der Waals surface area contributed by atoms with Crippen LogP contribution in [-0.4, -0.2) is 36.1 Å². The molecule has 0 aliphatic carbocycles. The first-order valence-electron chi connectivity index (χ1n) is 7.33. The van der Waals surface area contributed by atoms with Crippen LogP contribution in [-0.2, 0) is 0 Å². The van der Waals surface area contributed by atoms with Gasteiger partial charge in [0.15, 0.2) is 5.13 Å². The molecule has 0 spiro atoms. The molecule has 0 radical (unpaired) electrons. The molecule has 2 heterocycles. The van der Waals surface area contributed by atoms with Crippen molar-refractivity contribution in [2.24, 2.45) is 0 Å². The molecule has 0 bridgehead atoms. The minimum atomic E-state index is -0.430. The van der Waals surface area contributed by atoms with Gasteiger partial charge in [-0.15, -0.1) is 11.3 Å². The zero-order valence-corrected chi connectivity index (χ0v) is 14.5. The van der Waals surface area contributed by atoms with Crippen molar-refractivity contribution < 1.29 is 4.92 Å². The fourth-order valence-corrected chi connectivity index (χ4v) is 3.85. The van der Waals surface area contributed by atoms with Crippen molar-refractivity contribution in [3.05, 3.63) is 43.9 Å². The van der Waals surface area contributed by atoms with Gasteiger partial charge in [0.25, 0.3) is 5.69 Å². The van der Waals surface area contributed by atoms with E-state index < -0.39 is 4.92 Å². The van der Waals surface area contributed by atoms with Gasteiger partial charge in [-0.3, -0.25) is 10.1 Å². The number of thiazole rings is 1. The standard InChI is InChI=1S/C15H17ClN4O2S/c1-10-11(2)23-15(17-10)19-7-5-18(6-8-19)14-4-3-12(20(21)22)9-13(14)16/h3-4,9H,5-8H2,1-2H3. The van der Waals surface area contributed by atoms with Crippen molar-refractivity contribution in [2.45, 2.75) is 13.8 Å². The van der Waals surface area contributed by atoms with Crippen molar-refractivity contribution in [3.63, 3.8) is 0 Å². The number of non-ortho nitro benzene ring substituents is 1. The van der Waals surface area contributed by atoms with Gasteiger partial charge in [-0.2, -0.15) is 0 Å². The van der Waals surface area contributed by atoms with E-state index in [-0.39, 0.29) is 5.69 Å². The summed E-state index contributed by atoms with van der Waals surface area (Å²) in [6, 6.07) is 4.64. The number of aromatic nitrogens is 1. The molecule has 1 aliphatic rings. The summed E-state index contributed by atoms with van der Waals surface area (Å²) in [5, 5.41) is 12.3. The number of rotatable bonds is 3. The van der Waals surface area contributed by atoms with Gasteiger partial charge < -0.3 is 9.80 Å². The van der Waals surface area contributed by atoms with Crippen molar-refractivity contribution >= 4 is 39.4 Å². The van der Waals surface area contributed by atoms with Crippen LogP contribution in [0, 0.1) is 24.0 Å². The molecule has 1 saturated heterocycles. The van der Waals surface area contributed by atoms with E-state index >= 15 is 0 Å². The number of hydrogen-bond donors (Lipinski definition) is 0. The fraction of sp³-hybridized carbons (Fsp3) is 0.400. The number of hydrogen-bond acceptors (Lipinski definition) is 6. The normalized spacial score (nSPS) is 15.1. The highest BCUT2D eigenvalue weighted by Crippen LogP contribution is 2.32. The molecular formula is C15H17ClN4O2S. The molecule has 0 unspecified atom stereocenters. The maximum Gasteiger partial charge on any atom is 0.271 e. The number of halogens is 1. The summed E-state index contributed by atoms with van der Waals surface area (Å²) in [6.07, 6.45) is 0. The van der Waals surface area contributed by atoms with Crippen LogP contribution in [0.3, 0.4) is 0 Å². The number of nitro benzene ring substituents is 1. The monoisotopic (exact) mass is 352 g/mol. The molecule has 1 aromatic carbocycles. The van der Waals surface area contributed by atoms with Crippen molar-refractivity contribution in [1.29, 1.82) is 0 Å². The predicted molar refractivity (Wildman–Crippen MR) is 94.1 cm³/mol. The van der Waals surface area contributed by atoms with E-state index in [0.717, 1.165) is 42.7 Å². The Balaban J connectivity index is 1.70. The molecule has 1 aliphatic heterocycles. The molecule has 0 atom stereocenters. The highest BCUT2D eigenvalue weighted by Gasteiger charge is 2.22. The molecule has 1 fully saturated rings. The topological polar surface area (TPSA) is 62.5 Å². The largest absolute Gasteiger partial charge is 0.367 e. The van der Waals surface area contributed by atoms with Gasteiger partial charge in [0, 0.05) is 43.2 Å². The van der Waals surface area contributed by atoms with Crippen LogP contribution in [0.25, 0.3) is 0 Å². The summed E-state index contributed by atoms with van der Waals surface area (Å²) in [7, 11) is 0. The van der Waals surface area contributed by atoms with E-state index in [9.17, 15) is 10.1 Å². The van der Waals surface area contributed by atoms with Crippen LogP contribution in [0.2, 0.25) is 5.02 Å². The van der Waals surface area contributed by atoms with Crippen molar-refractivity contribution in [1.82, 2.24) is 4.98 Å². The Kier molecular flexibility index (Phi) is 4.41. The summed E-state index contributed by atoms with van der Waals surface area (Å²) >= 11 is 7.94. The molecule has 8 heteroatoms. The first kappa shape index (κ1) is 16.0. The first-order valence-corrected chi connectivity index (χ1v) is 8.53. The van der Waals surface area contributed by atoms with Gasteiger partial charge in [0.1, 0.15) is 0 Å². The second kappa shape index (κ2) is 6.33. The Morgan fingerprint density at radius 2 is 1.87 bits per heavy atom. The van der Waals surface area contributed by atoms with Crippen molar-refractivity contribution in [3.8, 4) is 0 Å². The summed E-state index contributed by atoms with van der Waals surface area (Å²) in [4.78, 5) is 20.7. The smallest absolute Gasteiger partial charge is 0.271 e. The van der Waals surface area contributed by atoms with Gasteiger partial charge in [0.2, 0.25) is 0 Å². The molecule has 2 aromatic rings. The number of anilines is 2. The third kappa shape index (κ3) is 3.25. The highest BCUT2D eigenvalue weighted by molar-refractivity contribution is 7.15. The van der Waals surface area contributed by atoms with E-state index in [4.69, 9.17) is 11.6 Å². The Hall–Kier alpha value is -1.86. The number of nitro groups is 1. The lowest BCUT2D eigenvalue weighted by Crippen LogP contribution is -2.46. The summed E-state index contributed by atoms with van der Waals surface area (Å²) in [6.45, 7) is 7.47. The molecular weight excluding hydrogens is 336 g/mol. The zero-order valence-electron chi connectivity index (χ0n) is 13.0. The number of benzene rings is 1. The minimum absolute atomic E-state index is 0.0196. The second-order valence-electron chi connectivity index (χ2n) is 5.50. The van der Waals surface area contributed by atoms with E-state index in [1.54, 1.807) is 17.4 Å². The van der Waals surface area contributed by atoms with Crippen LogP contribution < -0.4 is 9.80 Å². The maximum atomic E-state index is 10.8. The van der Waals surface area contributed by atoms with E-state index in [0.29, 0.717) is 5.02 Å². The lowest BCUT2D eigenvalue weighted by atomic mass is 10.2. The van der Waals surface area contributed by atoms with Gasteiger partial charge in [0.05, 0.1) is 21.3 Å². The predicted octanol–water partition coefficient (Wildman–Crippen LogP) is 3.65. The van der Waals surface area contributed by atoms with Gasteiger partial charge in [-0.25, -0.2) is 4.98 Å². The van der Waals surface area contributed by atoms with E-state index in [1.807, 2.05) is 6.92 Å². The average Bonchev–Trinajstić information content (AvgIpc) is 2.87. The molecule has 122 valence electrons. The van der Waals surface area contributed by atoms with Crippen LogP contribution in [0.15, 0.2) is 18.2 Å². The Morgan fingerprint density at radius 1 is 1.22 bits per heavy atom. The maximum absolute atomic E-state index is 10.8. The quantitative estimate of drug-likeness (QED) is 0.623. The first-order chi connectivity index (χ1) is 11.0. The van der Waals surface area contributed by atoms with Gasteiger partial charge >= 0.3 is 0 Å². The Bertz CT molecular complexity index is 722. The molecule has 3 rings (SSSR count). The average molecular weight is 353 g/mol. The van der Waals surface area contributed by atoms with Gasteiger partial charge in [-0.05, 0) is 19.9 Å². The zero-order chi connectivity index (χ0) is 16.6. The minimum Gasteiger partial charge on any atom is -0.367 e. The van der Waals surface area contributed by atoms with Crippen molar-refractivity contribution in [2.75, 3.05) is 36.0 Å². The van der Waals surface area contributed by atoms with Gasteiger partial charge in [-0.1, -0.05) is 11.6 Å². The molecule has 0 saturated carbocycles. The second-order valence-corrected chi connectivity index (χ2v) is 7.09. The van der Waals surface area contributed by atoms with E-state index in [2.05, 4.69) is 21.7 Å². The molecule has 23 heavy (non-hydrogen) atoms. The lowest BCUT2D eigenvalue weighted by molar-refractivity contribution is -0.384. The van der Waals surface area contributed by atoms with E-state index in [1.165, 1.54) is 17.0 Å². The SMILES string of the molecule is Cc1nc(N2CCN(c3ccc([N+](=O)[O-])cc3Cl)CC2)sc1C. The van der Waals surface area contributed by atoms with Crippen LogP contribution >= 0.6 is 22.9 Å². The van der Waals surface area contributed by atoms with Crippen LogP contribution in [0.5, 0.6) is 0 Å². The molecule has 0 N–H and O–H groups in total. The third-order valence-corrected chi connectivity index (χ3v) is 5.49. The number of nitrogens with zero attached hydrogens (tertiary/aromatic N) is 4. The number of aryl methyl sites for hydroxylation is 2. The molecule has 1 aromatic heterocycles. The third-order valence-electron chi connectivity index (χ3n) is 4.05. The number of piperazine rings is 1. The van der Waals surface area contributed by atoms with Crippen LogP contribution in [0.4, 0.5) is 16.5 Å². The lowest BCUT2D eigenvalue weighted by Gasteiger charge is -2.36. The molecule has 0 amide bonds. The Labute approximate surface area is 143 Å². The summed E-state index contributed by atoms with van der Waals surface area (Å²) < 4.78 is 0.